The first-order chi connectivity index (χ1) is 13.5. The molecule has 0 saturated heterocycles. The summed E-state index contributed by atoms with van der Waals surface area (Å²) < 4.78 is 2.99. The fraction of sp³-hybridized carbons (Fsp3) is 0.300. The van der Waals surface area contributed by atoms with Crippen molar-refractivity contribution in [1.82, 2.24) is 24.6 Å². The lowest BCUT2D eigenvalue weighted by atomic mass is 10.0. The molecular formula is C20H21BrN6O. The number of fused-ring (bicyclic) bond motifs is 1. The number of carbonyl (C=O) groups excluding carboxylic acids is 1. The zero-order valence-electron chi connectivity index (χ0n) is 15.8. The molecule has 0 radical (unpaired) electrons. The van der Waals surface area contributed by atoms with Crippen LogP contribution in [0.4, 0.5) is 10.6 Å². The van der Waals surface area contributed by atoms with Crippen LogP contribution in [0.1, 0.15) is 31.0 Å². The van der Waals surface area contributed by atoms with E-state index >= 15 is 0 Å². The lowest BCUT2D eigenvalue weighted by Gasteiger charge is -2.29. The number of pyridine rings is 1. The molecule has 2 amide bonds. The molecule has 8 heteroatoms. The maximum absolute atomic E-state index is 12.8. The van der Waals surface area contributed by atoms with Gasteiger partial charge in [-0.2, -0.15) is 0 Å². The molecule has 1 aliphatic rings. The van der Waals surface area contributed by atoms with Gasteiger partial charge in [0.05, 0.1) is 0 Å². The summed E-state index contributed by atoms with van der Waals surface area (Å²) in [5, 5.41) is 11.1. The number of urea groups is 1. The quantitative estimate of drug-likeness (QED) is 0.659. The van der Waals surface area contributed by atoms with Crippen LogP contribution < -0.4 is 5.32 Å². The summed E-state index contributed by atoms with van der Waals surface area (Å²) in [7, 11) is 0. The number of amides is 2. The number of carbonyl (C=O) groups is 1. The van der Waals surface area contributed by atoms with E-state index in [0.717, 1.165) is 16.5 Å². The first kappa shape index (κ1) is 18.6. The maximum atomic E-state index is 12.8. The highest BCUT2D eigenvalue weighted by Gasteiger charge is 2.22. The molecule has 28 heavy (non-hydrogen) atoms. The largest absolute Gasteiger partial charge is 0.323 e. The van der Waals surface area contributed by atoms with Crippen molar-refractivity contribution in [1.29, 1.82) is 0 Å². The predicted octanol–water partition coefficient (Wildman–Crippen LogP) is 4.27. The van der Waals surface area contributed by atoms with E-state index in [4.69, 9.17) is 0 Å². The molecule has 1 aromatic carbocycles. The smallest absolute Gasteiger partial charge is 0.320 e. The van der Waals surface area contributed by atoms with Gasteiger partial charge in [-0.25, -0.2) is 9.78 Å². The van der Waals surface area contributed by atoms with Crippen LogP contribution in [0.25, 0.3) is 11.5 Å². The molecule has 0 unspecified atom stereocenters. The van der Waals surface area contributed by atoms with Crippen molar-refractivity contribution in [2.45, 2.75) is 32.9 Å². The Morgan fingerprint density at radius 1 is 1.21 bits per heavy atom. The molecule has 7 nitrogen and oxygen atoms in total. The summed E-state index contributed by atoms with van der Waals surface area (Å²) >= 11 is 3.59. The number of rotatable bonds is 3. The Labute approximate surface area is 171 Å². The second-order valence-electron chi connectivity index (χ2n) is 7.04. The van der Waals surface area contributed by atoms with E-state index in [1.807, 2.05) is 28.8 Å². The number of benzene rings is 1. The van der Waals surface area contributed by atoms with Crippen LogP contribution >= 0.6 is 15.9 Å². The Morgan fingerprint density at radius 2 is 2.04 bits per heavy atom. The third kappa shape index (κ3) is 3.64. The molecule has 0 atom stereocenters. The number of hydrogen-bond donors (Lipinski definition) is 1. The highest BCUT2D eigenvalue weighted by molar-refractivity contribution is 9.10. The van der Waals surface area contributed by atoms with Gasteiger partial charge >= 0.3 is 6.03 Å². The van der Waals surface area contributed by atoms with E-state index in [1.165, 1.54) is 5.56 Å². The summed E-state index contributed by atoms with van der Waals surface area (Å²) in [6, 6.07) is 11.7. The second-order valence-corrected chi connectivity index (χ2v) is 7.90. The third-order valence-corrected chi connectivity index (χ3v) is 5.59. The monoisotopic (exact) mass is 440 g/mol. The van der Waals surface area contributed by atoms with Gasteiger partial charge in [0.2, 0.25) is 0 Å². The van der Waals surface area contributed by atoms with Crippen molar-refractivity contribution in [2.24, 2.45) is 0 Å². The average molecular weight is 441 g/mol. The van der Waals surface area contributed by atoms with Crippen LogP contribution in [0.15, 0.2) is 47.2 Å². The van der Waals surface area contributed by atoms with Crippen LogP contribution in [0, 0.1) is 0 Å². The third-order valence-electron chi connectivity index (χ3n) is 4.85. The number of halogens is 1. The van der Waals surface area contributed by atoms with Crippen molar-refractivity contribution >= 4 is 27.8 Å². The number of anilines is 1. The average Bonchev–Trinajstić information content (AvgIpc) is 3.18. The molecule has 0 saturated carbocycles. The summed E-state index contributed by atoms with van der Waals surface area (Å²) in [5.74, 6) is 1.18. The minimum Gasteiger partial charge on any atom is -0.320 e. The van der Waals surface area contributed by atoms with Crippen LogP contribution in [0.5, 0.6) is 0 Å². The van der Waals surface area contributed by atoms with Gasteiger partial charge < -0.3 is 9.47 Å². The minimum atomic E-state index is -0.156. The standard InChI is InChI=1S/C20H21BrN6O/c1-13(2)27-12-22-25-19(27)17-7-4-8-18(23-17)24-20(28)26-10-9-14-5-3-6-16(21)15(14)11-26/h3-8,12-13H,9-11H2,1-2H3,(H,23,24,28). The molecule has 0 fully saturated rings. The van der Waals surface area contributed by atoms with E-state index in [0.29, 0.717) is 30.4 Å². The number of aromatic nitrogens is 4. The van der Waals surface area contributed by atoms with Gasteiger partial charge in [0.15, 0.2) is 5.82 Å². The molecule has 0 aliphatic carbocycles. The zero-order chi connectivity index (χ0) is 19.7. The SMILES string of the molecule is CC(C)n1cnnc1-c1cccc(NC(=O)N2CCc3cccc(Br)c3C2)n1. The zero-order valence-corrected chi connectivity index (χ0v) is 17.3. The Kier molecular flexibility index (Phi) is 5.13. The van der Waals surface area contributed by atoms with Crippen LogP contribution in [-0.2, 0) is 13.0 Å². The highest BCUT2D eigenvalue weighted by atomic mass is 79.9. The van der Waals surface area contributed by atoms with Gasteiger partial charge in [0.25, 0.3) is 0 Å². The van der Waals surface area contributed by atoms with Crippen molar-refractivity contribution in [3.63, 3.8) is 0 Å². The molecular weight excluding hydrogens is 420 g/mol. The van der Waals surface area contributed by atoms with Crippen molar-refractivity contribution < 1.29 is 4.79 Å². The lowest BCUT2D eigenvalue weighted by molar-refractivity contribution is 0.206. The summed E-state index contributed by atoms with van der Waals surface area (Å²) in [6.07, 6.45) is 2.53. The van der Waals surface area contributed by atoms with E-state index in [1.54, 1.807) is 17.3 Å². The summed E-state index contributed by atoms with van der Waals surface area (Å²) in [4.78, 5) is 19.2. The number of nitrogens with zero attached hydrogens (tertiary/aromatic N) is 5. The first-order valence-electron chi connectivity index (χ1n) is 9.22. The summed E-state index contributed by atoms with van der Waals surface area (Å²) in [6.45, 7) is 5.37. The van der Waals surface area contributed by atoms with Crippen molar-refractivity contribution in [3.05, 3.63) is 58.3 Å². The highest BCUT2D eigenvalue weighted by Crippen LogP contribution is 2.27. The molecule has 1 aliphatic heterocycles. The topological polar surface area (TPSA) is 75.9 Å². The Balaban J connectivity index is 1.51. The van der Waals surface area contributed by atoms with Gasteiger partial charge in [-0.15, -0.1) is 10.2 Å². The molecule has 0 spiro atoms. The summed E-state index contributed by atoms with van der Waals surface area (Å²) in [5.41, 5.74) is 3.12. The van der Waals surface area contributed by atoms with Gasteiger partial charge in [-0.3, -0.25) is 5.32 Å². The molecule has 2 aromatic heterocycles. The van der Waals surface area contributed by atoms with Crippen molar-refractivity contribution in [2.75, 3.05) is 11.9 Å². The van der Waals surface area contributed by atoms with Gasteiger partial charge in [0, 0.05) is 23.6 Å². The Morgan fingerprint density at radius 3 is 2.86 bits per heavy atom. The normalized spacial score (nSPS) is 13.5. The predicted molar refractivity (Wildman–Crippen MR) is 111 cm³/mol. The van der Waals surface area contributed by atoms with E-state index in [2.05, 4.69) is 56.3 Å². The molecule has 4 rings (SSSR count). The lowest BCUT2D eigenvalue weighted by Crippen LogP contribution is -2.39. The van der Waals surface area contributed by atoms with Crippen LogP contribution in [0.3, 0.4) is 0 Å². The molecule has 144 valence electrons. The molecule has 1 N–H and O–H groups in total. The minimum absolute atomic E-state index is 0.156. The van der Waals surface area contributed by atoms with E-state index in [9.17, 15) is 4.79 Å². The number of hydrogen-bond acceptors (Lipinski definition) is 4. The fourth-order valence-corrected chi connectivity index (χ4v) is 3.87. The molecule has 0 bridgehead atoms. The molecule has 3 aromatic rings. The van der Waals surface area contributed by atoms with Gasteiger partial charge in [-0.05, 0) is 49.6 Å². The fourth-order valence-electron chi connectivity index (χ4n) is 3.33. The van der Waals surface area contributed by atoms with E-state index in [-0.39, 0.29) is 12.1 Å². The van der Waals surface area contributed by atoms with E-state index < -0.39 is 0 Å². The second kappa shape index (κ2) is 7.71. The van der Waals surface area contributed by atoms with Crippen LogP contribution in [0.2, 0.25) is 0 Å². The van der Waals surface area contributed by atoms with Crippen LogP contribution in [-0.4, -0.2) is 37.2 Å². The number of nitrogens with one attached hydrogen (secondary N) is 1. The van der Waals surface area contributed by atoms with Crippen molar-refractivity contribution in [3.8, 4) is 11.5 Å². The first-order valence-corrected chi connectivity index (χ1v) is 10.0. The Bertz CT molecular complexity index is 1020. The van der Waals surface area contributed by atoms with Gasteiger partial charge in [-0.1, -0.05) is 34.1 Å². The Hall–Kier alpha value is -2.74. The maximum Gasteiger partial charge on any atom is 0.323 e. The van der Waals surface area contributed by atoms with Gasteiger partial charge in [0.1, 0.15) is 17.8 Å². The molecule has 3 heterocycles.